The lowest BCUT2D eigenvalue weighted by atomic mass is 10.1. The molecule has 0 fully saturated rings. The number of aromatic nitrogens is 6. The number of aryl methyl sites for hydroxylation is 4. The molecule has 4 heterocycles. The summed E-state index contributed by atoms with van der Waals surface area (Å²) in [5, 5.41) is 10.2. The number of hydrogen-bond donors (Lipinski definition) is 0. The number of carbonyl (C=O) groups excluding carboxylic acids is 1. The molecule has 10 nitrogen and oxygen atoms in total. The molecule has 0 atom stereocenters. The first-order valence-electron chi connectivity index (χ1n) is 13.9. The Kier molecular flexibility index (Phi) is 6.36. The minimum atomic E-state index is -0.644. The molecule has 5 aromatic rings. The highest BCUT2D eigenvalue weighted by atomic mass is 19.1. The van der Waals surface area contributed by atoms with E-state index in [0.29, 0.717) is 35.6 Å². The Labute approximate surface area is 242 Å². The average Bonchev–Trinajstić information content (AvgIpc) is 3.61. The van der Waals surface area contributed by atoms with Crippen LogP contribution in [-0.2, 0) is 24.8 Å². The number of rotatable bonds is 3. The van der Waals surface area contributed by atoms with Crippen molar-refractivity contribution in [2.45, 2.75) is 60.1 Å². The third-order valence-corrected chi connectivity index (χ3v) is 7.76. The Hall–Kier alpha value is -4.67. The summed E-state index contributed by atoms with van der Waals surface area (Å²) in [6, 6.07) is 7.30. The van der Waals surface area contributed by atoms with Crippen molar-refractivity contribution in [3.8, 4) is 17.2 Å². The largest absolute Gasteiger partial charge is 0.444 e. The molecule has 2 aromatic carbocycles. The van der Waals surface area contributed by atoms with Crippen LogP contribution in [0.25, 0.3) is 28.1 Å². The molecule has 1 amide bonds. The molecule has 0 N–H and O–H groups in total. The molecule has 11 heteroatoms. The molecule has 0 unspecified atom stereocenters. The minimum absolute atomic E-state index is 0.219. The molecule has 6 rings (SSSR count). The number of nitrogens with zero attached hydrogens (tertiary/aromatic N) is 7. The number of amides is 1. The van der Waals surface area contributed by atoms with E-state index in [2.05, 4.69) is 5.10 Å². The zero-order valence-electron chi connectivity index (χ0n) is 24.9. The van der Waals surface area contributed by atoms with Crippen LogP contribution in [0.4, 0.5) is 9.18 Å². The van der Waals surface area contributed by atoms with Crippen molar-refractivity contribution < 1.29 is 13.9 Å². The van der Waals surface area contributed by atoms with Gasteiger partial charge in [0.25, 0.3) is 0 Å². The van der Waals surface area contributed by atoms with Gasteiger partial charge >= 0.3 is 11.8 Å². The van der Waals surface area contributed by atoms with Crippen LogP contribution in [0.3, 0.4) is 0 Å². The molecule has 3 aromatic heterocycles. The van der Waals surface area contributed by atoms with E-state index in [1.54, 1.807) is 68.0 Å². The molecule has 0 saturated heterocycles. The minimum Gasteiger partial charge on any atom is -0.444 e. The summed E-state index contributed by atoms with van der Waals surface area (Å²) in [4.78, 5) is 28.8. The Morgan fingerprint density at radius 1 is 1.05 bits per heavy atom. The van der Waals surface area contributed by atoms with Gasteiger partial charge in [0.05, 0.1) is 35.3 Å². The summed E-state index contributed by atoms with van der Waals surface area (Å²) in [7, 11) is 1.88. The van der Waals surface area contributed by atoms with Crippen LogP contribution in [-0.4, -0.2) is 51.8 Å². The van der Waals surface area contributed by atoms with Gasteiger partial charge < -0.3 is 9.64 Å². The molecule has 0 saturated carbocycles. The first-order valence-corrected chi connectivity index (χ1v) is 13.9. The topological polar surface area (TPSA) is 92.1 Å². The first kappa shape index (κ1) is 27.5. The van der Waals surface area contributed by atoms with Crippen molar-refractivity contribution in [2.75, 3.05) is 6.54 Å². The lowest BCUT2D eigenvalue weighted by Crippen LogP contribution is -2.40. The third-order valence-electron chi connectivity index (χ3n) is 7.76. The zero-order chi connectivity index (χ0) is 30.1. The average molecular weight is 572 g/mol. The summed E-state index contributed by atoms with van der Waals surface area (Å²) in [6.45, 7) is 11.5. The van der Waals surface area contributed by atoms with Gasteiger partial charge in [0, 0.05) is 43.4 Å². The van der Waals surface area contributed by atoms with E-state index in [0.717, 1.165) is 33.4 Å². The smallest absolute Gasteiger partial charge is 0.410 e. The summed E-state index contributed by atoms with van der Waals surface area (Å²) in [6.07, 6.45) is 5.29. The predicted molar refractivity (Wildman–Crippen MR) is 157 cm³/mol. The molecule has 0 spiro atoms. The second-order valence-corrected chi connectivity index (χ2v) is 11.9. The Morgan fingerprint density at radius 3 is 2.43 bits per heavy atom. The maximum absolute atomic E-state index is 14.6. The molecule has 42 heavy (non-hydrogen) atoms. The lowest BCUT2D eigenvalue weighted by Gasteiger charge is -2.29. The Bertz CT molecular complexity index is 1910. The quantitative estimate of drug-likeness (QED) is 0.302. The maximum atomic E-state index is 14.6. The van der Waals surface area contributed by atoms with Crippen molar-refractivity contribution >= 4 is 17.0 Å². The monoisotopic (exact) mass is 571 g/mol. The molecular weight excluding hydrogens is 537 g/mol. The Balaban J connectivity index is 1.52. The number of ether oxygens (including phenoxy) is 1. The van der Waals surface area contributed by atoms with E-state index < -0.39 is 11.7 Å². The Morgan fingerprint density at radius 2 is 1.74 bits per heavy atom. The fraction of sp³-hybridized carbons (Fsp3) is 0.355. The van der Waals surface area contributed by atoms with Gasteiger partial charge in [0.2, 0.25) is 0 Å². The second kappa shape index (κ2) is 9.71. The van der Waals surface area contributed by atoms with Gasteiger partial charge in [0.15, 0.2) is 0 Å². The predicted octanol–water partition coefficient (Wildman–Crippen LogP) is 5.06. The highest BCUT2D eigenvalue weighted by Gasteiger charge is 2.32. The molecule has 0 bridgehead atoms. The van der Waals surface area contributed by atoms with Crippen molar-refractivity contribution in [3.63, 3.8) is 0 Å². The molecule has 1 aliphatic heterocycles. The van der Waals surface area contributed by atoms with Gasteiger partial charge in [0.1, 0.15) is 17.2 Å². The van der Waals surface area contributed by atoms with E-state index in [4.69, 9.17) is 9.84 Å². The van der Waals surface area contributed by atoms with E-state index in [-0.39, 0.29) is 18.1 Å². The number of imidazole rings is 1. The van der Waals surface area contributed by atoms with E-state index in [1.807, 2.05) is 46.9 Å². The molecular formula is C31H34FN7O3. The van der Waals surface area contributed by atoms with Crippen LogP contribution in [0.5, 0.6) is 0 Å². The first-order chi connectivity index (χ1) is 19.8. The fourth-order valence-corrected chi connectivity index (χ4v) is 5.65. The van der Waals surface area contributed by atoms with Gasteiger partial charge in [-0.25, -0.2) is 18.7 Å². The lowest BCUT2D eigenvalue weighted by molar-refractivity contribution is 0.0223. The third kappa shape index (κ3) is 4.49. The van der Waals surface area contributed by atoms with Crippen LogP contribution in [0.15, 0.2) is 47.7 Å². The van der Waals surface area contributed by atoms with Gasteiger partial charge in [-0.15, -0.1) is 0 Å². The number of fused-ring (bicyclic) bond motifs is 2. The summed E-state index contributed by atoms with van der Waals surface area (Å²) in [5.41, 5.74) is 4.80. The standard InChI is InChI=1S/C31H34FN7O3/c1-18-14-21(15-19(2)27(18)32)39-28(23-17-36(11-10-24(23)34-39)30(41)42-31(4,5)6)38-13-12-37(29(38)40)25-8-9-26-22(20(25)3)16-33-35(26)7/h8-9,12-16H,10-11,17H2,1-7H3. The van der Waals surface area contributed by atoms with Crippen molar-refractivity contribution in [2.24, 2.45) is 7.05 Å². The van der Waals surface area contributed by atoms with E-state index >= 15 is 0 Å². The van der Waals surface area contributed by atoms with Crippen LogP contribution in [0, 0.1) is 26.6 Å². The van der Waals surface area contributed by atoms with Crippen molar-refractivity contribution in [3.05, 3.63) is 87.1 Å². The van der Waals surface area contributed by atoms with Crippen molar-refractivity contribution in [1.29, 1.82) is 0 Å². The van der Waals surface area contributed by atoms with Crippen LogP contribution < -0.4 is 5.69 Å². The van der Waals surface area contributed by atoms with Gasteiger partial charge in [-0.05, 0) is 82.5 Å². The number of benzene rings is 2. The summed E-state index contributed by atoms with van der Waals surface area (Å²) in [5.74, 6) is 0.227. The molecule has 0 radical (unpaired) electrons. The number of halogens is 1. The highest BCUT2D eigenvalue weighted by Crippen LogP contribution is 2.30. The van der Waals surface area contributed by atoms with Crippen LogP contribution >= 0.6 is 0 Å². The normalized spacial score (nSPS) is 13.6. The molecule has 0 aliphatic carbocycles. The van der Waals surface area contributed by atoms with Gasteiger partial charge in [-0.2, -0.15) is 10.2 Å². The highest BCUT2D eigenvalue weighted by molar-refractivity contribution is 5.85. The van der Waals surface area contributed by atoms with Gasteiger partial charge in [-0.3, -0.25) is 13.8 Å². The van der Waals surface area contributed by atoms with Crippen LogP contribution in [0.1, 0.15) is 48.7 Å². The summed E-state index contributed by atoms with van der Waals surface area (Å²) >= 11 is 0. The zero-order valence-corrected chi connectivity index (χ0v) is 24.9. The molecule has 218 valence electrons. The molecule has 1 aliphatic rings. The second-order valence-electron chi connectivity index (χ2n) is 11.9. The SMILES string of the molecule is Cc1cc(-n2nc3c(c2-n2ccn(-c4ccc5c(cnn5C)c4C)c2=O)CN(C(=O)OC(C)(C)C)CC3)cc(C)c1F. The van der Waals surface area contributed by atoms with Crippen LogP contribution in [0.2, 0.25) is 0 Å². The fourth-order valence-electron chi connectivity index (χ4n) is 5.65. The summed E-state index contributed by atoms with van der Waals surface area (Å²) < 4.78 is 26.9. The van der Waals surface area contributed by atoms with Gasteiger partial charge in [-0.1, -0.05) is 0 Å². The number of hydrogen-bond acceptors (Lipinski definition) is 5. The number of carbonyl (C=O) groups is 1. The van der Waals surface area contributed by atoms with E-state index in [1.165, 1.54) is 0 Å². The maximum Gasteiger partial charge on any atom is 0.410 e. The van der Waals surface area contributed by atoms with Crippen molar-refractivity contribution in [1.82, 2.24) is 33.6 Å². The van der Waals surface area contributed by atoms with E-state index in [9.17, 15) is 14.0 Å².